The van der Waals surface area contributed by atoms with Gasteiger partial charge in [-0.1, -0.05) is 18.2 Å². The fraction of sp³-hybridized carbons (Fsp3) is 0.300. The Morgan fingerprint density at radius 3 is 2.60 bits per heavy atom. The Balaban J connectivity index is 1.61. The lowest BCUT2D eigenvalue weighted by atomic mass is 10.1. The van der Waals surface area contributed by atoms with E-state index in [9.17, 15) is 9.59 Å². The van der Waals surface area contributed by atoms with Crippen LogP contribution in [-0.4, -0.2) is 25.5 Å². The number of nitrogens with zero attached hydrogens (tertiary/aromatic N) is 1. The van der Waals surface area contributed by atoms with E-state index in [1.807, 2.05) is 37.3 Å². The summed E-state index contributed by atoms with van der Waals surface area (Å²) in [6, 6.07) is 13.1. The summed E-state index contributed by atoms with van der Waals surface area (Å²) in [4.78, 5) is 25.9. The van der Waals surface area contributed by atoms with E-state index < -0.39 is 0 Å². The van der Waals surface area contributed by atoms with Gasteiger partial charge in [0.15, 0.2) is 0 Å². The van der Waals surface area contributed by atoms with E-state index in [-0.39, 0.29) is 11.8 Å². The molecule has 2 aromatic carbocycles. The van der Waals surface area contributed by atoms with Crippen LogP contribution >= 0.6 is 0 Å². The molecule has 130 valence electrons. The van der Waals surface area contributed by atoms with Crippen molar-refractivity contribution in [3.8, 4) is 5.75 Å². The molecule has 1 heterocycles. The summed E-state index contributed by atoms with van der Waals surface area (Å²) in [5.74, 6) is 0.735. The van der Waals surface area contributed by atoms with Crippen LogP contribution in [-0.2, 0) is 11.3 Å². The van der Waals surface area contributed by atoms with Gasteiger partial charge in [0.05, 0.1) is 7.11 Å². The van der Waals surface area contributed by atoms with Gasteiger partial charge in [0, 0.05) is 30.8 Å². The van der Waals surface area contributed by atoms with Gasteiger partial charge >= 0.3 is 0 Å². The zero-order valence-corrected chi connectivity index (χ0v) is 14.5. The van der Waals surface area contributed by atoms with Gasteiger partial charge in [0.1, 0.15) is 5.75 Å². The number of carbonyl (C=O) groups is 2. The van der Waals surface area contributed by atoms with E-state index in [0.29, 0.717) is 24.3 Å². The molecule has 1 aliphatic rings. The number of benzene rings is 2. The molecule has 0 atom stereocenters. The van der Waals surface area contributed by atoms with Gasteiger partial charge in [-0.2, -0.15) is 0 Å². The highest BCUT2D eigenvalue weighted by molar-refractivity contribution is 5.95. The number of aryl methyl sites for hydroxylation is 1. The maximum absolute atomic E-state index is 12.3. The van der Waals surface area contributed by atoms with E-state index >= 15 is 0 Å². The third kappa shape index (κ3) is 3.82. The van der Waals surface area contributed by atoms with Gasteiger partial charge < -0.3 is 15.0 Å². The number of amides is 2. The largest absolute Gasteiger partial charge is 0.496 e. The third-order valence-electron chi connectivity index (χ3n) is 4.44. The van der Waals surface area contributed by atoms with Crippen molar-refractivity contribution in [1.29, 1.82) is 0 Å². The van der Waals surface area contributed by atoms with E-state index in [1.54, 1.807) is 24.1 Å². The molecule has 2 amide bonds. The van der Waals surface area contributed by atoms with Crippen LogP contribution in [0.1, 0.15) is 34.3 Å². The molecule has 0 aliphatic carbocycles. The Kier molecular flexibility index (Phi) is 5.03. The van der Waals surface area contributed by atoms with Gasteiger partial charge in [-0.3, -0.25) is 9.59 Å². The molecule has 0 aromatic heterocycles. The molecule has 0 bridgehead atoms. The second-order valence-electron chi connectivity index (χ2n) is 6.18. The Morgan fingerprint density at radius 1 is 1.20 bits per heavy atom. The first-order valence-corrected chi connectivity index (χ1v) is 8.40. The molecule has 1 saturated heterocycles. The SMILES string of the molecule is COc1cc(C(=O)NCc2ccc(N3CCCC3=O)cc2)ccc1C. The number of nitrogens with one attached hydrogen (secondary N) is 1. The van der Waals surface area contributed by atoms with Crippen molar-refractivity contribution >= 4 is 17.5 Å². The number of hydrogen-bond acceptors (Lipinski definition) is 3. The number of rotatable bonds is 5. The number of hydrogen-bond donors (Lipinski definition) is 1. The average molecular weight is 338 g/mol. The standard InChI is InChI=1S/C20H22N2O3/c1-14-5-8-16(12-18(14)25-2)20(24)21-13-15-6-9-17(10-7-15)22-11-3-4-19(22)23/h5-10,12H,3-4,11,13H2,1-2H3,(H,21,24). The zero-order valence-electron chi connectivity index (χ0n) is 14.5. The summed E-state index contributed by atoms with van der Waals surface area (Å²) >= 11 is 0. The minimum absolute atomic E-state index is 0.142. The van der Waals surface area contributed by atoms with Crippen LogP contribution in [0.4, 0.5) is 5.69 Å². The van der Waals surface area contributed by atoms with E-state index in [4.69, 9.17) is 4.74 Å². The molecule has 2 aromatic rings. The van der Waals surface area contributed by atoms with Crippen LogP contribution in [0.15, 0.2) is 42.5 Å². The first-order valence-electron chi connectivity index (χ1n) is 8.40. The summed E-state index contributed by atoms with van der Waals surface area (Å²) in [6.45, 7) is 3.15. The lowest BCUT2D eigenvalue weighted by Gasteiger charge is -2.16. The van der Waals surface area contributed by atoms with Crippen molar-refractivity contribution in [2.24, 2.45) is 0 Å². The molecule has 25 heavy (non-hydrogen) atoms. The Morgan fingerprint density at radius 2 is 1.96 bits per heavy atom. The average Bonchev–Trinajstić information content (AvgIpc) is 3.06. The molecule has 1 fully saturated rings. The van der Waals surface area contributed by atoms with Crippen LogP contribution in [0.2, 0.25) is 0 Å². The van der Waals surface area contributed by atoms with Gasteiger partial charge in [-0.05, 0) is 48.7 Å². The first-order chi connectivity index (χ1) is 12.1. The fourth-order valence-electron chi connectivity index (χ4n) is 2.96. The van der Waals surface area contributed by atoms with Crippen molar-refractivity contribution in [3.63, 3.8) is 0 Å². The number of carbonyl (C=O) groups excluding carboxylic acids is 2. The normalized spacial score (nSPS) is 13.8. The predicted octanol–water partition coefficient (Wildman–Crippen LogP) is 3.06. The van der Waals surface area contributed by atoms with Crippen LogP contribution in [0, 0.1) is 6.92 Å². The second-order valence-corrected chi connectivity index (χ2v) is 6.18. The van der Waals surface area contributed by atoms with Crippen molar-refractivity contribution < 1.29 is 14.3 Å². The summed E-state index contributed by atoms with van der Waals surface area (Å²) in [7, 11) is 1.59. The third-order valence-corrected chi connectivity index (χ3v) is 4.44. The van der Waals surface area contributed by atoms with Crippen molar-refractivity contribution in [2.75, 3.05) is 18.6 Å². The van der Waals surface area contributed by atoms with Crippen molar-refractivity contribution in [2.45, 2.75) is 26.3 Å². The highest BCUT2D eigenvalue weighted by Crippen LogP contribution is 2.22. The van der Waals surface area contributed by atoms with Crippen LogP contribution in [0.3, 0.4) is 0 Å². The molecular formula is C20H22N2O3. The molecule has 5 nitrogen and oxygen atoms in total. The van der Waals surface area contributed by atoms with Crippen molar-refractivity contribution in [1.82, 2.24) is 5.32 Å². The molecule has 5 heteroatoms. The van der Waals surface area contributed by atoms with E-state index in [2.05, 4.69) is 5.32 Å². The van der Waals surface area contributed by atoms with Gasteiger partial charge in [-0.25, -0.2) is 0 Å². The number of ether oxygens (including phenoxy) is 1. The lowest BCUT2D eigenvalue weighted by Crippen LogP contribution is -2.24. The second kappa shape index (κ2) is 7.38. The quantitative estimate of drug-likeness (QED) is 0.911. The molecule has 1 aliphatic heterocycles. The summed E-state index contributed by atoms with van der Waals surface area (Å²) in [5, 5.41) is 2.91. The Hall–Kier alpha value is -2.82. The summed E-state index contributed by atoms with van der Waals surface area (Å²) < 4.78 is 5.26. The maximum atomic E-state index is 12.3. The molecular weight excluding hydrogens is 316 g/mol. The molecule has 1 N–H and O–H groups in total. The predicted molar refractivity (Wildman–Crippen MR) is 96.9 cm³/mol. The van der Waals surface area contributed by atoms with Crippen LogP contribution < -0.4 is 15.0 Å². The molecule has 0 radical (unpaired) electrons. The van der Waals surface area contributed by atoms with Gasteiger partial charge in [0.25, 0.3) is 5.91 Å². The monoisotopic (exact) mass is 338 g/mol. The number of methoxy groups -OCH3 is 1. The fourth-order valence-corrected chi connectivity index (χ4v) is 2.96. The molecule has 0 saturated carbocycles. The van der Waals surface area contributed by atoms with E-state index in [0.717, 1.165) is 29.8 Å². The summed E-state index contributed by atoms with van der Waals surface area (Å²) in [5.41, 5.74) is 3.47. The lowest BCUT2D eigenvalue weighted by molar-refractivity contribution is -0.117. The van der Waals surface area contributed by atoms with Gasteiger partial charge in [0.2, 0.25) is 5.91 Å². The molecule has 0 spiro atoms. The van der Waals surface area contributed by atoms with Gasteiger partial charge in [-0.15, -0.1) is 0 Å². The number of anilines is 1. The van der Waals surface area contributed by atoms with Crippen LogP contribution in [0.5, 0.6) is 5.75 Å². The Bertz CT molecular complexity index is 784. The van der Waals surface area contributed by atoms with Crippen LogP contribution in [0.25, 0.3) is 0 Å². The highest BCUT2D eigenvalue weighted by Gasteiger charge is 2.21. The Labute approximate surface area is 147 Å². The maximum Gasteiger partial charge on any atom is 0.251 e. The smallest absolute Gasteiger partial charge is 0.251 e. The van der Waals surface area contributed by atoms with E-state index in [1.165, 1.54) is 0 Å². The first kappa shape index (κ1) is 17.0. The molecule has 3 rings (SSSR count). The molecule has 0 unspecified atom stereocenters. The summed E-state index contributed by atoms with van der Waals surface area (Å²) in [6.07, 6.45) is 1.54. The highest BCUT2D eigenvalue weighted by atomic mass is 16.5. The minimum atomic E-state index is -0.142. The zero-order chi connectivity index (χ0) is 17.8. The topological polar surface area (TPSA) is 58.6 Å². The van der Waals surface area contributed by atoms with Crippen molar-refractivity contribution in [3.05, 3.63) is 59.2 Å². The minimum Gasteiger partial charge on any atom is -0.496 e.